The standard InChI is InChI=1S/C12H16ClN3O4/c1-3-12(4-2,7-17)15-11(18)8-5-10(13)14-6-9(8)16(19)20/h5-6,17H,3-4,7H2,1-2H3,(H,15,18). The molecule has 0 bridgehead atoms. The van der Waals surface area contributed by atoms with E-state index in [9.17, 15) is 20.0 Å². The minimum Gasteiger partial charge on any atom is -0.394 e. The number of carbonyl (C=O) groups excluding carboxylic acids is 1. The summed E-state index contributed by atoms with van der Waals surface area (Å²) in [6.07, 6.45) is 1.94. The average molecular weight is 302 g/mol. The summed E-state index contributed by atoms with van der Waals surface area (Å²) in [5, 5.41) is 23.0. The van der Waals surface area contributed by atoms with Gasteiger partial charge in [-0.2, -0.15) is 0 Å². The Morgan fingerprint density at radius 3 is 2.60 bits per heavy atom. The van der Waals surface area contributed by atoms with Crippen molar-refractivity contribution in [1.29, 1.82) is 0 Å². The number of hydrogen-bond donors (Lipinski definition) is 2. The zero-order valence-corrected chi connectivity index (χ0v) is 12.0. The van der Waals surface area contributed by atoms with E-state index in [-0.39, 0.29) is 17.3 Å². The number of nitro groups is 1. The molecule has 0 saturated carbocycles. The molecule has 0 aromatic carbocycles. The maximum Gasteiger partial charge on any atom is 0.300 e. The van der Waals surface area contributed by atoms with Crippen molar-refractivity contribution >= 4 is 23.2 Å². The Morgan fingerprint density at radius 2 is 2.15 bits per heavy atom. The van der Waals surface area contributed by atoms with Crippen LogP contribution in [0.25, 0.3) is 0 Å². The van der Waals surface area contributed by atoms with Gasteiger partial charge in [-0.3, -0.25) is 14.9 Å². The van der Waals surface area contributed by atoms with Crippen molar-refractivity contribution in [3.8, 4) is 0 Å². The third kappa shape index (κ3) is 3.43. The maximum atomic E-state index is 12.2. The molecule has 0 fully saturated rings. The van der Waals surface area contributed by atoms with Crippen LogP contribution < -0.4 is 5.32 Å². The predicted molar refractivity (Wildman–Crippen MR) is 73.8 cm³/mol. The fraction of sp³-hybridized carbons (Fsp3) is 0.500. The van der Waals surface area contributed by atoms with E-state index in [1.165, 1.54) is 0 Å². The quantitative estimate of drug-likeness (QED) is 0.474. The van der Waals surface area contributed by atoms with Gasteiger partial charge in [-0.1, -0.05) is 25.4 Å². The molecule has 0 aliphatic heterocycles. The van der Waals surface area contributed by atoms with Gasteiger partial charge in [0.1, 0.15) is 16.9 Å². The third-order valence-corrected chi connectivity index (χ3v) is 3.53. The third-order valence-electron chi connectivity index (χ3n) is 3.33. The Morgan fingerprint density at radius 1 is 1.55 bits per heavy atom. The van der Waals surface area contributed by atoms with E-state index in [0.717, 1.165) is 12.3 Å². The second kappa shape index (κ2) is 6.62. The van der Waals surface area contributed by atoms with Crippen LogP contribution in [0.4, 0.5) is 5.69 Å². The van der Waals surface area contributed by atoms with Gasteiger partial charge in [0.15, 0.2) is 0 Å². The van der Waals surface area contributed by atoms with Crippen LogP contribution >= 0.6 is 11.6 Å². The van der Waals surface area contributed by atoms with E-state index in [4.69, 9.17) is 11.6 Å². The molecule has 0 spiro atoms. The first-order valence-electron chi connectivity index (χ1n) is 6.12. The fourth-order valence-corrected chi connectivity index (χ4v) is 1.91. The largest absolute Gasteiger partial charge is 0.394 e. The number of aliphatic hydroxyl groups is 1. The van der Waals surface area contributed by atoms with Crippen LogP contribution in [-0.2, 0) is 0 Å². The number of carbonyl (C=O) groups is 1. The summed E-state index contributed by atoms with van der Waals surface area (Å²) in [4.78, 5) is 26.0. The highest BCUT2D eigenvalue weighted by Gasteiger charge is 2.30. The zero-order valence-electron chi connectivity index (χ0n) is 11.2. The Bertz CT molecular complexity index is 509. The predicted octanol–water partition coefficient (Wildman–Crippen LogP) is 1.92. The molecular formula is C12H16ClN3O4. The molecule has 1 rings (SSSR count). The fourth-order valence-electron chi connectivity index (χ4n) is 1.75. The molecule has 1 amide bonds. The molecule has 8 heteroatoms. The van der Waals surface area contributed by atoms with Crippen LogP contribution in [0, 0.1) is 10.1 Å². The van der Waals surface area contributed by atoms with Crippen molar-refractivity contribution in [1.82, 2.24) is 10.3 Å². The van der Waals surface area contributed by atoms with Crippen molar-refractivity contribution in [2.45, 2.75) is 32.2 Å². The SMILES string of the molecule is CCC(CC)(CO)NC(=O)c1cc(Cl)ncc1[N+](=O)[O-]. The lowest BCUT2D eigenvalue weighted by atomic mass is 9.93. The molecule has 20 heavy (non-hydrogen) atoms. The summed E-state index contributed by atoms with van der Waals surface area (Å²) >= 11 is 5.68. The van der Waals surface area contributed by atoms with Crippen molar-refractivity contribution in [3.63, 3.8) is 0 Å². The van der Waals surface area contributed by atoms with Crippen LogP contribution in [0.1, 0.15) is 37.0 Å². The van der Waals surface area contributed by atoms with Crippen molar-refractivity contribution < 1.29 is 14.8 Å². The van der Waals surface area contributed by atoms with Gasteiger partial charge in [0.2, 0.25) is 0 Å². The molecular weight excluding hydrogens is 286 g/mol. The van der Waals surface area contributed by atoms with Gasteiger partial charge in [-0.25, -0.2) is 4.98 Å². The molecule has 7 nitrogen and oxygen atoms in total. The Hall–Kier alpha value is -1.73. The highest BCUT2D eigenvalue weighted by atomic mass is 35.5. The molecule has 0 unspecified atom stereocenters. The van der Waals surface area contributed by atoms with E-state index >= 15 is 0 Å². The summed E-state index contributed by atoms with van der Waals surface area (Å²) in [5.74, 6) is -0.654. The summed E-state index contributed by atoms with van der Waals surface area (Å²) in [5.41, 5.74) is -1.40. The summed E-state index contributed by atoms with van der Waals surface area (Å²) in [6, 6.07) is 1.14. The second-order valence-corrected chi connectivity index (χ2v) is 4.77. The van der Waals surface area contributed by atoms with Gasteiger partial charge in [0.05, 0.1) is 17.1 Å². The van der Waals surface area contributed by atoms with E-state index in [0.29, 0.717) is 12.8 Å². The highest BCUT2D eigenvalue weighted by Crippen LogP contribution is 2.22. The van der Waals surface area contributed by atoms with E-state index < -0.39 is 22.1 Å². The molecule has 1 aromatic heterocycles. The van der Waals surface area contributed by atoms with Gasteiger partial charge < -0.3 is 10.4 Å². The van der Waals surface area contributed by atoms with Gasteiger partial charge in [-0.15, -0.1) is 0 Å². The molecule has 0 atom stereocenters. The second-order valence-electron chi connectivity index (χ2n) is 4.38. The van der Waals surface area contributed by atoms with Crippen LogP contribution in [-0.4, -0.2) is 33.1 Å². The molecule has 1 aromatic rings. The first-order chi connectivity index (χ1) is 9.39. The number of hydrogen-bond acceptors (Lipinski definition) is 5. The van der Waals surface area contributed by atoms with Crippen molar-refractivity contribution in [2.75, 3.05) is 6.61 Å². The molecule has 2 N–H and O–H groups in total. The van der Waals surface area contributed by atoms with Crippen LogP contribution in [0.3, 0.4) is 0 Å². The van der Waals surface area contributed by atoms with Crippen LogP contribution in [0.2, 0.25) is 5.15 Å². The molecule has 0 radical (unpaired) electrons. The van der Waals surface area contributed by atoms with Crippen molar-refractivity contribution in [2.24, 2.45) is 0 Å². The molecule has 0 aliphatic rings. The van der Waals surface area contributed by atoms with Crippen LogP contribution in [0.5, 0.6) is 0 Å². The summed E-state index contributed by atoms with van der Waals surface area (Å²) in [6.45, 7) is 3.38. The number of aliphatic hydroxyl groups excluding tert-OH is 1. The maximum absolute atomic E-state index is 12.2. The number of pyridine rings is 1. The van der Waals surface area contributed by atoms with Gasteiger partial charge in [-0.05, 0) is 18.9 Å². The molecule has 1 heterocycles. The number of nitrogens with zero attached hydrogens (tertiary/aromatic N) is 2. The zero-order chi connectivity index (χ0) is 15.3. The van der Waals surface area contributed by atoms with Crippen LogP contribution in [0.15, 0.2) is 12.3 Å². The topological polar surface area (TPSA) is 105 Å². The molecule has 0 saturated heterocycles. The minimum atomic E-state index is -0.805. The van der Waals surface area contributed by atoms with Crippen molar-refractivity contribution in [3.05, 3.63) is 33.1 Å². The number of rotatable bonds is 6. The molecule has 0 aliphatic carbocycles. The minimum absolute atomic E-state index is 0.0108. The molecule has 110 valence electrons. The lowest BCUT2D eigenvalue weighted by Crippen LogP contribution is -2.50. The number of halogens is 1. The van der Waals surface area contributed by atoms with Gasteiger partial charge in [0, 0.05) is 0 Å². The normalized spacial score (nSPS) is 11.2. The first-order valence-corrected chi connectivity index (χ1v) is 6.50. The Labute approximate surface area is 121 Å². The Kier molecular flexibility index (Phi) is 5.41. The monoisotopic (exact) mass is 301 g/mol. The van der Waals surface area contributed by atoms with E-state index in [1.807, 2.05) is 13.8 Å². The number of amides is 1. The lowest BCUT2D eigenvalue weighted by molar-refractivity contribution is -0.385. The smallest absolute Gasteiger partial charge is 0.300 e. The summed E-state index contributed by atoms with van der Waals surface area (Å²) < 4.78 is 0. The number of aromatic nitrogens is 1. The van der Waals surface area contributed by atoms with E-state index in [2.05, 4.69) is 10.3 Å². The Balaban J connectivity index is 3.15. The highest BCUT2D eigenvalue weighted by molar-refractivity contribution is 6.29. The average Bonchev–Trinajstić information content (AvgIpc) is 2.44. The summed E-state index contributed by atoms with van der Waals surface area (Å²) in [7, 11) is 0. The lowest BCUT2D eigenvalue weighted by Gasteiger charge is -2.30. The van der Waals surface area contributed by atoms with Gasteiger partial charge >= 0.3 is 0 Å². The van der Waals surface area contributed by atoms with E-state index in [1.54, 1.807) is 0 Å². The first kappa shape index (κ1) is 16.3. The number of nitrogens with one attached hydrogen (secondary N) is 1. The van der Waals surface area contributed by atoms with Gasteiger partial charge in [0.25, 0.3) is 11.6 Å².